The van der Waals surface area contributed by atoms with Gasteiger partial charge in [-0.1, -0.05) is 6.07 Å². The van der Waals surface area contributed by atoms with Crippen molar-refractivity contribution >= 4 is 28.8 Å². The molecule has 3 heterocycles. The number of anilines is 1. The molecule has 156 valence electrons. The van der Waals surface area contributed by atoms with Crippen LogP contribution in [0, 0.1) is 13.8 Å². The number of nitrogens with zero attached hydrogens (tertiary/aromatic N) is 3. The predicted octanol–water partition coefficient (Wildman–Crippen LogP) is 2.96. The molecule has 4 rings (SSSR count). The molecule has 0 aliphatic carbocycles. The van der Waals surface area contributed by atoms with E-state index in [1.807, 2.05) is 12.2 Å². The molecule has 1 unspecified atom stereocenters. The largest absolute Gasteiger partial charge is 0.440 e. The van der Waals surface area contributed by atoms with Crippen LogP contribution in [0.5, 0.6) is 0 Å². The molecule has 0 spiro atoms. The lowest BCUT2D eigenvalue weighted by Crippen LogP contribution is -2.63. The second-order valence-electron chi connectivity index (χ2n) is 7.27. The zero-order valence-corrected chi connectivity index (χ0v) is 16.2. The van der Waals surface area contributed by atoms with E-state index in [1.165, 1.54) is 12.3 Å². The van der Waals surface area contributed by atoms with E-state index in [2.05, 4.69) is 15.3 Å². The molecule has 0 saturated heterocycles. The normalized spacial score (nSPS) is 18.4. The van der Waals surface area contributed by atoms with Crippen molar-refractivity contribution in [1.82, 2.24) is 19.9 Å². The van der Waals surface area contributed by atoms with Gasteiger partial charge >= 0.3 is 6.18 Å². The Labute approximate surface area is 169 Å². The molecule has 0 fully saturated rings. The van der Waals surface area contributed by atoms with Crippen LogP contribution in [0.4, 0.5) is 19.1 Å². The molecule has 0 saturated carbocycles. The Morgan fingerprint density at radius 1 is 1.27 bits per heavy atom. The van der Waals surface area contributed by atoms with Crippen molar-refractivity contribution in [3.63, 3.8) is 0 Å². The van der Waals surface area contributed by atoms with E-state index in [9.17, 15) is 22.8 Å². The fourth-order valence-corrected chi connectivity index (χ4v) is 3.56. The second-order valence-corrected chi connectivity index (χ2v) is 7.27. The van der Waals surface area contributed by atoms with Crippen LogP contribution >= 0.6 is 0 Å². The molecule has 3 aromatic rings. The lowest BCUT2D eigenvalue weighted by atomic mass is 10.1. The third-order valence-electron chi connectivity index (χ3n) is 5.25. The lowest BCUT2D eigenvalue weighted by Gasteiger charge is -2.32. The number of pyridine rings is 1. The summed E-state index contributed by atoms with van der Waals surface area (Å²) in [7, 11) is 0. The number of carbonyl (C=O) groups excluding carboxylic acids is 2. The van der Waals surface area contributed by atoms with Gasteiger partial charge in [0.05, 0.1) is 11.0 Å². The van der Waals surface area contributed by atoms with Crippen molar-refractivity contribution in [3.8, 4) is 0 Å². The van der Waals surface area contributed by atoms with Crippen LogP contribution in [0.2, 0.25) is 0 Å². The van der Waals surface area contributed by atoms with Crippen molar-refractivity contribution in [2.24, 2.45) is 0 Å². The summed E-state index contributed by atoms with van der Waals surface area (Å²) in [5.41, 5.74) is -0.579. The van der Waals surface area contributed by atoms with Crippen molar-refractivity contribution in [2.75, 3.05) is 5.32 Å². The Morgan fingerprint density at radius 3 is 2.67 bits per heavy atom. The maximum atomic E-state index is 14.3. The molecule has 10 heteroatoms. The topological polar surface area (TPSA) is 88.9 Å². The Bertz CT molecular complexity index is 1160. The van der Waals surface area contributed by atoms with E-state index in [1.54, 1.807) is 31.3 Å². The van der Waals surface area contributed by atoms with Gasteiger partial charge in [0.1, 0.15) is 0 Å². The van der Waals surface area contributed by atoms with Crippen LogP contribution in [0.3, 0.4) is 0 Å². The van der Waals surface area contributed by atoms with Gasteiger partial charge in [-0.3, -0.25) is 24.5 Å². The first-order valence-corrected chi connectivity index (χ1v) is 9.22. The molecule has 1 aliphatic heterocycles. The molecule has 2 N–H and O–H groups in total. The zero-order valence-electron chi connectivity index (χ0n) is 16.2. The SMILES string of the molecule is Cc1cc2nc3n(c2cc1C)C(NC(=O)CCc1cccnc1)(C(F)(F)F)C(=O)N3. The number of aryl methyl sites for hydroxylation is 3. The first kappa shape index (κ1) is 19.9. The molecule has 2 amide bonds. The number of fused-ring (bicyclic) bond motifs is 3. The highest BCUT2D eigenvalue weighted by Gasteiger charge is 2.67. The molecule has 2 aromatic heterocycles. The number of alkyl halides is 3. The highest BCUT2D eigenvalue weighted by atomic mass is 19.4. The maximum absolute atomic E-state index is 14.3. The standard InChI is InChI=1S/C20H18F3N5O2/c1-11-8-14-15(9-12(11)2)28-18(25-14)26-17(30)19(28,20(21,22)23)27-16(29)6-5-13-4-3-7-24-10-13/h3-4,7-10H,5-6H2,1-2H3,(H,27,29)(H,25,26,30). The van der Waals surface area contributed by atoms with Crippen molar-refractivity contribution < 1.29 is 22.8 Å². The van der Waals surface area contributed by atoms with Crippen LogP contribution < -0.4 is 10.6 Å². The summed E-state index contributed by atoms with van der Waals surface area (Å²) < 4.78 is 43.7. The first-order valence-electron chi connectivity index (χ1n) is 9.22. The molecular formula is C20H18F3N5O2. The fourth-order valence-electron chi connectivity index (χ4n) is 3.56. The monoisotopic (exact) mass is 417 g/mol. The minimum Gasteiger partial charge on any atom is -0.317 e. The number of hydrogen-bond acceptors (Lipinski definition) is 4. The van der Waals surface area contributed by atoms with Crippen molar-refractivity contribution in [2.45, 2.75) is 38.5 Å². The maximum Gasteiger partial charge on any atom is 0.440 e. The number of rotatable bonds is 4. The summed E-state index contributed by atoms with van der Waals surface area (Å²) in [5, 5.41) is 4.12. The Balaban J connectivity index is 1.75. The summed E-state index contributed by atoms with van der Waals surface area (Å²) in [4.78, 5) is 33.1. The van der Waals surface area contributed by atoms with Gasteiger partial charge in [0.2, 0.25) is 11.9 Å². The molecule has 30 heavy (non-hydrogen) atoms. The summed E-state index contributed by atoms with van der Waals surface area (Å²) in [5.74, 6) is -2.57. The molecule has 1 aromatic carbocycles. The number of imidazole rings is 1. The molecule has 1 aliphatic rings. The van der Waals surface area contributed by atoms with Crippen molar-refractivity contribution in [3.05, 3.63) is 53.3 Å². The number of carbonyl (C=O) groups is 2. The van der Waals surface area contributed by atoms with E-state index in [-0.39, 0.29) is 24.3 Å². The highest BCUT2D eigenvalue weighted by Crippen LogP contribution is 2.44. The predicted molar refractivity (Wildman–Crippen MR) is 103 cm³/mol. The lowest BCUT2D eigenvalue weighted by molar-refractivity contribution is -0.217. The summed E-state index contributed by atoms with van der Waals surface area (Å²) in [6.45, 7) is 3.57. The van der Waals surface area contributed by atoms with Gasteiger partial charge in [0, 0.05) is 18.8 Å². The smallest absolute Gasteiger partial charge is 0.317 e. The number of amides is 2. The fraction of sp³-hybridized carbons (Fsp3) is 0.300. The van der Waals surface area contributed by atoms with Gasteiger partial charge in [-0.05, 0) is 55.2 Å². The Hall–Kier alpha value is -3.43. The van der Waals surface area contributed by atoms with Crippen LogP contribution in [-0.2, 0) is 21.7 Å². The number of nitrogens with one attached hydrogen (secondary N) is 2. The average molecular weight is 417 g/mol. The molecule has 7 nitrogen and oxygen atoms in total. The minimum absolute atomic E-state index is 0.108. The average Bonchev–Trinajstić information content (AvgIpc) is 3.15. The van der Waals surface area contributed by atoms with E-state index in [0.29, 0.717) is 11.1 Å². The quantitative estimate of drug-likeness (QED) is 0.683. The van der Waals surface area contributed by atoms with Crippen LogP contribution in [0.1, 0.15) is 23.1 Å². The van der Waals surface area contributed by atoms with Crippen LogP contribution in [0.25, 0.3) is 11.0 Å². The third kappa shape index (κ3) is 2.99. The second kappa shape index (κ2) is 6.82. The highest BCUT2D eigenvalue weighted by molar-refractivity contribution is 6.05. The molecular weight excluding hydrogens is 399 g/mol. The van der Waals surface area contributed by atoms with E-state index in [4.69, 9.17) is 0 Å². The summed E-state index contributed by atoms with van der Waals surface area (Å²) in [6.07, 6.45) is -2.07. The zero-order chi connectivity index (χ0) is 21.7. The van der Waals surface area contributed by atoms with Crippen LogP contribution in [0.15, 0.2) is 36.7 Å². The minimum atomic E-state index is -5.10. The Morgan fingerprint density at radius 2 is 2.00 bits per heavy atom. The summed E-state index contributed by atoms with van der Waals surface area (Å²) >= 11 is 0. The van der Waals surface area contributed by atoms with E-state index >= 15 is 0 Å². The molecule has 1 atom stereocenters. The number of aromatic nitrogens is 3. The molecule has 0 bridgehead atoms. The number of benzene rings is 1. The van der Waals surface area contributed by atoms with Gasteiger partial charge in [-0.25, -0.2) is 4.98 Å². The van der Waals surface area contributed by atoms with Gasteiger partial charge in [0.25, 0.3) is 11.6 Å². The van der Waals surface area contributed by atoms with Gasteiger partial charge < -0.3 is 5.32 Å². The first-order chi connectivity index (χ1) is 14.1. The number of hydrogen-bond donors (Lipinski definition) is 2. The van der Waals surface area contributed by atoms with Gasteiger partial charge in [0.15, 0.2) is 0 Å². The van der Waals surface area contributed by atoms with E-state index < -0.39 is 23.7 Å². The number of halogens is 3. The third-order valence-corrected chi connectivity index (χ3v) is 5.25. The Kier molecular flexibility index (Phi) is 4.52. The van der Waals surface area contributed by atoms with E-state index in [0.717, 1.165) is 15.7 Å². The van der Waals surface area contributed by atoms with Crippen LogP contribution in [-0.4, -0.2) is 32.5 Å². The molecule has 0 radical (unpaired) electrons. The van der Waals surface area contributed by atoms with Gasteiger partial charge in [-0.2, -0.15) is 13.2 Å². The van der Waals surface area contributed by atoms with Gasteiger partial charge in [-0.15, -0.1) is 0 Å². The van der Waals surface area contributed by atoms with Crippen molar-refractivity contribution in [1.29, 1.82) is 0 Å². The summed E-state index contributed by atoms with van der Waals surface area (Å²) in [6, 6.07) is 6.56.